The van der Waals surface area contributed by atoms with Crippen molar-refractivity contribution in [1.82, 2.24) is 14.8 Å². The predicted octanol–water partition coefficient (Wildman–Crippen LogP) is 4.22. The van der Waals surface area contributed by atoms with Gasteiger partial charge in [-0.2, -0.15) is 0 Å². The maximum absolute atomic E-state index is 13.4. The number of fused-ring (bicyclic) bond motifs is 1. The fourth-order valence-electron chi connectivity index (χ4n) is 3.30. The number of amides is 1. The standard InChI is InChI=1S/C23H27N3O/c1-3-25(4-2)16-17-26(18-19-10-6-5-7-11-19)23(27)22-21-13-9-8-12-20(21)14-15-24-22/h5-15H,3-4,16-18H2,1-2H3. The first-order valence-electron chi connectivity index (χ1n) is 9.62. The lowest BCUT2D eigenvalue weighted by atomic mass is 10.1. The highest BCUT2D eigenvalue weighted by atomic mass is 16.2. The van der Waals surface area contributed by atoms with Crippen LogP contribution in [0, 0.1) is 0 Å². The molecule has 0 radical (unpaired) electrons. The Kier molecular flexibility index (Phi) is 6.55. The van der Waals surface area contributed by atoms with Crippen LogP contribution in [0.15, 0.2) is 66.9 Å². The van der Waals surface area contributed by atoms with Gasteiger partial charge in [0.1, 0.15) is 5.69 Å². The first-order chi connectivity index (χ1) is 13.2. The van der Waals surface area contributed by atoms with Crippen LogP contribution < -0.4 is 0 Å². The number of likely N-dealkylation sites (N-methyl/N-ethyl adjacent to an activating group) is 1. The Morgan fingerprint density at radius 1 is 0.889 bits per heavy atom. The Labute approximate surface area is 161 Å². The summed E-state index contributed by atoms with van der Waals surface area (Å²) >= 11 is 0. The summed E-state index contributed by atoms with van der Waals surface area (Å²) in [6, 6.07) is 20.0. The minimum absolute atomic E-state index is 0.0113. The molecule has 0 saturated heterocycles. The predicted molar refractivity (Wildman–Crippen MR) is 111 cm³/mol. The van der Waals surface area contributed by atoms with Gasteiger partial charge in [-0.3, -0.25) is 9.78 Å². The molecule has 0 atom stereocenters. The van der Waals surface area contributed by atoms with Crippen LogP contribution in [-0.4, -0.2) is 46.9 Å². The van der Waals surface area contributed by atoms with Gasteiger partial charge in [-0.1, -0.05) is 68.4 Å². The Bertz CT molecular complexity index is 870. The maximum Gasteiger partial charge on any atom is 0.273 e. The van der Waals surface area contributed by atoms with Crippen LogP contribution in [0.25, 0.3) is 10.8 Å². The summed E-state index contributed by atoms with van der Waals surface area (Å²) in [7, 11) is 0. The summed E-state index contributed by atoms with van der Waals surface area (Å²) < 4.78 is 0. The molecule has 0 fully saturated rings. The van der Waals surface area contributed by atoms with Crippen molar-refractivity contribution in [3.8, 4) is 0 Å². The van der Waals surface area contributed by atoms with Crippen molar-refractivity contribution < 1.29 is 4.79 Å². The molecule has 2 aromatic carbocycles. The van der Waals surface area contributed by atoms with Crippen molar-refractivity contribution in [2.24, 2.45) is 0 Å². The molecule has 0 aliphatic heterocycles. The molecule has 140 valence electrons. The van der Waals surface area contributed by atoms with Crippen molar-refractivity contribution in [1.29, 1.82) is 0 Å². The van der Waals surface area contributed by atoms with Gasteiger partial charge in [-0.15, -0.1) is 0 Å². The minimum Gasteiger partial charge on any atom is -0.332 e. The molecule has 3 aromatic rings. The first kappa shape index (κ1) is 19.1. The molecule has 1 aromatic heterocycles. The van der Waals surface area contributed by atoms with Gasteiger partial charge in [-0.25, -0.2) is 0 Å². The Balaban J connectivity index is 1.89. The second-order valence-electron chi connectivity index (χ2n) is 6.62. The normalized spacial score (nSPS) is 11.1. The molecule has 3 rings (SSSR count). The van der Waals surface area contributed by atoms with Crippen molar-refractivity contribution in [2.45, 2.75) is 20.4 Å². The number of nitrogens with zero attached hydrogens (tertiary/aromatic N) is 3. The largest absolute Gasteiger partial charge is 0.332 e. The Morgan fingerprint density at radius 3 is 2.33 bits per heavy atom. The number of rotatable bonds is 8. The summed E-state index contributed by atoms with van der Waals surface area (Å²) in [6.07, 6.45) is 1.72. The average Bonchev–Trinajstić information content (AvgIpc) is 2.73. The molecule has 1 heterocycles. The van der Waals surface area contributed by atoms with Gasteiger partial charge in [0.25, 0.3) is 5.91 Å². The molecule has 4 nitrogen and oxygen atoms in total. The van der Waals surface area contributed by atoms with Crippen LogP contribution in [0.2, 0.25) is 0 Å². The van der Waals surface area contributed by atoms with Gasteiger partial charge in [-0.05, 0) is 30.1 Å². The molecule has 0 unspecified atom stereocenters. The van der Waals surface area contributed by atoms with E-state index in [4.69, 9.17) is 0 Å². The molecular formula is C23H27N3O. The molecular weight excluding hydrogens is 334 g/mol. The van der Waals surface area contributed by atoms with Gasteiger partial charge in [0.05, 0.1) is 0 Å². The number of hydrogen-bond donors (Lipinski definition) is 0. The third-order valence-electron chi connectivity index (χ3n) is 4.96. The van der Waals surface area contributed by atoms with Crippen molar-refractivity contribution in [3.63, 3.8) is 0 Å². The molecule has 0 spiro atoms. The summed E-state index contributed by atoms with van der Waals surface area (Å²) in [5.74, 6) is -0.0113. The lowest BCUT2D eigenvalue weighted by Gasteiger charge is -2.27. The topological polar surface area (TPSA) is 36.4 Å². The number of carbonyl (C=O) groups is 1. The van der Waals surface area contributed by atoms with E-state index >= 15 is 0 Å². The highest BCUT2D eigenvalue weighted by Crippen LogP contribution is 2.19. The van der Waals surface area contributed by atoms with Crippen LogP contribution in [0.1, 0.15) is 29.9 Å². The number of pyridine rings is 1. The van der Waals surface area contributed by atoms with Crippen LogP contribution >= 0.6 is 0 Å². The zero-order chi connectivity index (χ0) is 19.1. The van der Waals surface area contributed by atoms with Gasteiger partial charge >= 0.3 is 0 Å². The van der Waals surface area contributed by atoms with E-state index in [9.17, 15) is 4.79 Å². The Hall–Kier alpha value is -2.72. The van der Waals surface area contributed by atoms with E-state index in [2.05, 4.69) is 35.9 Å². The van der Waals surface area contributed by atoms with Gasteiger partial charge in [0.2, 0.25) is 0 Å². The van der Waals surface area contributed by atoms with E-state index in [0.717, 1.165) is 36.0 Å². The second-order valence-corrected chi connectivity index (χ2v) is 6.62. The number of benzene rings is 2. The molecule has 1 amide bonds. The summed E-state index contributed by atoms with van der Waals surface area (Å²) in [5, 5.41) is 1.95. The first-order valence-corrected chi connectivity index (χ1v) is 9.62. The van der Waals surface area contributed by atoms with Crippen LogP contribution in [-0.2, 0) is 6.54 Å². The molecule has 0 aliphatic rings. The monoisotopic (exact) mass is 361 g/mol. The molecule has 0 saturated carbocycles. The third kappa shape index (κ3) is 4.72. The van der Waals surface area contributed by atoms with Crippen molar-refractivity contribution >= 4 is 16.7 Å². The minimum atomic E-state index is -0.0113. The SMILES string of the molecule is CCN(CC)CCN(Cc1ccccc1)C(=O)c1nccc2ccccc12. The summed E-state index contributed by atoms with van der Waals surface area (Å²) in [6.45, 7) is 8.40. The van der Waals surface area contributed by atoms with Crippen LogP contribution in [0.3, 0.4) is 0 Å². The van der Waals surface area contributed by atoms with Crippen LogP contribution in [0.5, 0.6) is 0 Å². The van der Waals surface area contributed by atoms with E-state index in [1.807, 2.05) is 53.4 Å². The highest BCUT2D eigenvalue weighted by molar-refractivity contribution is 6.05. The number of carbonyl (C=O) groups excluding carboxylic acids is 1. The molecule has 0 aliphatic carbocycles. The lowest BCUT2D eigenvalue weighted by Crippen LogP contribution is -2.38. The van der Waals surface area contributed by atoms with E-state index in [1.54, 1.807) is 6.20 Å². The quantitative estimate of drug-likeness (QED) is 0.603. The number of aromatic nitrogens is 1. The smallest absolute Gasteiger partial charge is 0.273 e. The van der Waals surface area contributed by atoms with E-state index in [1.165, 1.54) is 0 Å². The number of hydrogen-bond acceptors (Lipinski definition) is 3. The summed E-state index contributed by atoms with van der Waals surface area (Å²) in [5.41, 5.74) is 1.66. The van der Waals surface area contributed by atoms with E-state index in [-0.39, 0.29) is 5.91 Å². The highest BCUT2D eigenvalue weighted by Gasteiger charge is 2.20. The van der Waals surface area contributed by atoms with Gasteiger partial charge in [0, 0.05) is 31.2 Å². The maximum atomic E-state index is 13.4. The van der Waals surface area contributed by atoms with Crippen molar-refractivity contribution in [2.75, 3.05) is 26.2 Å². The van der Waals surface area contributed by atoms with Crippen LogP contribution in [0.4, 0.5) is 0 Å². The fraction of sp³-hybridized carbons (Fsp3) is 0.304. The van der Waals surface area contributed by atoms with Gasteiger partial charge in [0.15, 0.2) is 0 Å². The lowest BCUT2D eigenvalue weighted by molar-refractivity contribution is 0.0720. The molecule has 0 bridgehead atoms. The third-order valence-corrected chi connectivity index (χ3v) is 4.96. The second kappa shape index (κ2) is 9.28. The molecule has 4 heteroatoms. The van der Waals surface area contributed by atoms with Crippen molar-refractivity contribution in [3.05, 3.63) is 78.1 Å². The van der Waals surface area contributed by atoms with Gasteiger partial charge < -0.3 is 9.80 Å². The zero-order valence-electron chi connectivity index (χ0n) is 16.1. The molecule has 0 N–H and O–H groups in total. The van der Waals surface area contributed by atoms with E-state index in [0.29, 0.717) is 18.8 Å². The summed E-state index contributed by atoms with van der Waals surface area (Å²) in [4.78, 5) is 22.1. The molecule has 27 heavy (non-hydrogen) atoms. The van der Waals surface area contributed by atoms with E-state index < -0.39 is 0 Å². The fourth-order valence-corrected chi connectivity index (χ4v) is 3.30. The zero-order valence-corrected chi connectivity index (χ0v) is 16.1. The Morgan fingerprint density at radius 2 is 1.59 bits per heavy atom. The average molecular weight is 361 g/mol.